The Morgan fingerprint density at radius 1 is 1.60 bits per heavy atom. The second kappa shape index (κ2) is 4.23. The smallest absolute Gasteiger partial charge is 0.309 e. The summed E-state index contributed by atoms with van der Waals surface area (Å²) in [6, 6.07) is 7.69. The molecule has 1 saturated carbocycles. The summed E-state index contributed by atoms with van der Waals surface area (Å²) < 4.78 is 4.98. The van der Waals surface area contributed by atoms with Crippen LogP contribution in [-0.4, -0.2) is 12.6 Å². The molecule has 1 aromatic carbocycles. The first-order chi connectivity index (χ1) is 7.22. The minimum atomic E-state index is -0.0810. The van der Waals surface area contributed by atoms with Gasteiger partial charge in [0, 0.05) is 5.02 Å². The van der Waals surface area contributed by atoms with Gasteiger partial charge in [0.1, 0.15) is 0 Å². The standard InChI is InChI=1S/C12H13ClO2/c1-2-15-12(14)11-7-10(11)8-4-3-5-9(13)6-8/h3-6,10-11H,2,7H2,1H3. The first-order valence-corrected chi connectivity index (χ1v) is 5.52. The third-order valence-electron chi connectivity index (χ3n) is 2.66. The van der Waals surface area contributed by atoms with Gasteiger partial charge in [-0.2, -0.15) is 0 Å². The fraction of sp³-hybridized carbons (Fsp3) is 0.417. The van der Waals surface area contributed by atoms with Gasteiger partial charge in [-0.3, -0.25) is 4.79 Å². The summed E-state index contributed by atoms with van der Waals surface area (Å²) in [5, 5.41) is 0.724. The Balaban J connectivity index is 2.01. The summed E-state index contributed by atoms with van der Waals surface area (Å²) in [5.74, 6) is 0.272. The van der Waals surface area contributed by atoms with Gasteiger partial charge >= 0.3 is 5.97 Å². The third kappa shape index (κ3) is 2.32. The Morgan fingerprint density at radius 2 is 2.40 bits per heavy atom. The van der Waals surface area contributed by atoms with Crippen molar-refractivity contribution in [2.24, 2.45) is 5.92 Å². The summed E-state index contributed by atoms with van der Waals surface area (Å²) in [6.45, 7) is 2.28. The average molecular weight is 225 g/mol. The summed E-state index contributed by atoms with van der Waals surface area (Å²) in [6.07, 6.45) is 0.888. The fourth-order valence-electron chi connectivity index (χ4n) is 1.81. The number of ether oxygens (including phenoxy) is 1. The van der Waals surface area contributed by atoms with Gasteiger partial charge in [0.25, 0.3) is 0 Å². The Kier molecular flexibility index (Phi) is 2.96. The second-order valence-electron chi connectivity index (χ2n) is 3.76. The molecule has 1 fully saturated rings. The Hall–Kier alpha value is -1.02. The zero-order valence-electron chi connectivity index (χ0n) is 8.57. The van der Waals surface area contributed by atoms with Crippen molar-refractivity contribution in [2.45, 2.75) is 19.3 Å². The molecule has 0 radical (unpaired) electrons. The van der Waals surface area contributed by atoms with Crippen LogP contribution in [0.15, 0.2) is 24.3 Å². The summed E-state index contributed by atoms with van der Waals surface area (Å²) >= 11 is 5.89. The molecule has 1 aliphatic carbocycles. The molecule has 0 aromatic heterocycles. The number of benzene rings is 1. The molecule has 15 heavy (non-hydrogen) atoms. The lowest BCUT2D eigenvalue weighted by Gasteiger charge is -2.01. The van der Waals surface area contributed by atoms with Gasteiger partial charge in [0.15, 0.2) is 0 Å². The number of halogens is 1. The highest BCUT2D eigenvalue weighted by atomic mass is 35.5. The average Bonchev–Trinajstić information content (AvgIpc) is 2.97. The SMILES string of the molecule is CCOC(=O)C1CC1c1cccc(Cl)c1. The maximum atomic E-state index is 11.4. The molecule has 0 N–H and O–H groups in total. The van der Waals surface area contributed by atoms with Crippen molar-refractivity contribution in [2.75, 3.05) is 6.61 Å². The van der Waals surface area contributed by atoms with Crippen LogP contribution in [-0.2, 0) is 9.53 Å². The van der Waals surface area contributed by atoms with E-state index >= 15 is 0 Å². The Labute approximate surface area is 94.2 Å². The highest BCUT2D eigenvalue weighted by Gasteiger charge is 2.45. The number of hydrogen-bond acceptors (Lipinski definition) is 2. The van der Waals surface area contributed by atoms with Crippen molar-refractivity contribution in [1.29, 1.82) is 0 Å². The summed E-state index contributed by atoms with van der Waals surface area (Å²) in [7, 11) is 0. The van der Waals surface area contributed by atoms with Crippen molar-refractivity contribution in [1.82, 2.24) is 0 Å². The van der Waals surface area contributed by atoms with Crippen LogP contribution in [0.25, 0.3) is 0 Å². The lowest BCUT2D eigenvalue weighted by atomic mass is 10.1. The van der Waals surface area contributed by atoms with Crippen LogP contribution in [0, 0.1) is 5.92 Å². The van der Waals surface area contributed by atoms with Gasteiger partial charge < -0.3 is 4.74 Å². The van der Waals surface area contributed by atoms with Crippen molar-refractivity contribution < 1.29 is 9.53 Å². The molecule has 2 unspecified atom stereocenters. The van der Waals surface area contributed by atoms with Gasteiger partial charge in [-0.1, -0.05) is 23.7 Å². The van der Waals surface area contributed by atoms with Crippen LogP contribution < -0.4 is 0 Å². The number of esters is 1. The minimum absolute atomic E-state index is 0.0448. The summed E-state index contributed by atoms with van der Waals surface area (Å²) in [5.41, 5.74) is 1.14. The van der Waals surface area contributed by atoms with Crippen molar-refractivity contribution in [3.63, 3.8) is 0 Å². The number of carbonyl (C=O) groups excluding carboxylic acids is 1. The number of rotatable bonds is 3. The lowest BCUT2D eigenvalue weighted by Crippen LogP contribution is -2.07. The van der Waals surface area contributed by atoms with E-state index < -0.39 is 0 Å². The van der Waals surface area contributed by atoms with E-state index in [2.05, 4.69) is 0 Å². The maximum absolute atomic E-state index is 11.4. The van der Waals surface area contributed by atoms with Crippen LogP contribution in [0.2, 0.25) is 5.02 Å². The molecule has 1 aliphatic rings. The summed E-state index contributed by atoms with van der Waals surface area (Å²) in [4.78, 5) is 11.4. The van der Waals surface area contributed by atoms with Crippen molar-refractivity contribution in [3.8, 4) is 0 Å². The van der Waals surface area contributed by atoms with Gasteiger partial charge in [0.05, 0.1) is 12.5 Å². The van der Waals surface area contributed by atoms with Gasteiger partial charge in [-0.15, -0.1) is 0 Å². The van der Waals surface area contributed by atoms with E-state index in [4.69, 9.17) is 16.3 Å². The van der Waals surface area contributed by atoms with E-state index in [1.54, 1.807) is 0 Å². The quantitative estimate of drug-likeness (QED) is 0.738. The molecule has 0 heterocycles. The molecule has 1 aromatic rings. The molecule has 0 aliphatic heterocycles. The van der Waals surface area contributed by atoms with Crippen LogP contribution >= 0.6 is 11.6 Å². The Morgan fingerprint density at radius 3 is 3.07 bits per heavy atom. The van der Waals surface area contributed by atoms with E-state index in [9.17, 15) is 4.79 Å². The molecule has 2 atom stereocenters. The lowest BCUT2D eigenvalue weighted by molar-refractivity contribution is -0.144. The van der Waals surface area contributed by atoms with E-state index in [0.29, 0.717) is 12.5 Å². The molecule has 0 spiro atoms. The molecular formula is C12H13ClO2. The molecule has 0 saturated heterocycles. The van der Waals surface area contributed by atoms with E-state index in [1.165, 1.54) is 0 Å². The van der Waals surface area contributed by atoms with Crippen LogP contribution in [0.3, 0.4) is 0 Å². The van der Waals surface area contributed by atoms with Crippen LogP contribution in [0.1, 0.15) is 24.8 Å². The van der Waals surface area contributed by atoms with E-state index in [1.807, 2.05) is 31.2 Å². The normalized spacial score (nSPS) is 23.6. The predicted octanol–water partition coefficient (Wildman–Crippen LogP) is 3.01. The molecule has 80 valence electrons. The number of carbonyl (C=O) groups is 1. The predicted molar refractivity (Wildman–Crippen MR) is 58.9 cm³/mol. The van der Waals surface area contributed by atoms with Gasteiger partial charge in [0.2, 0.25) is 0 Å². The maximum Gasteiger partial charge on any atom is 0.309 e. The molecular weight excluding hydrogens is 212 g/mol. The topological polar surface area (TPSA) is 26.3 Å². The van der Waals surface area contributed by atoms with Crippen molar-refractivity contribution in [3.05, 3.63) is 34.9 Å². The van der Waals surface area contributed by atoms with Gasteiger partial charge in [-0.05, 0) is 37.0 Å². The monoisotopic (exact) mass is 224 g/mol. The van der Waals surface area contributed by atoms with Crippen molar-refractivity contribution >= 4 is 17.6 Å². The fourth-order valence-corrected chi connectivity index (χ4v) is 2.01. The van der Waals surface area contributed by atoms with Crippen LogP contribution in [0.4, 0.5) is 0 Å². The Bertz CT molecular complexity index is 376. The molecule has 2 rings (SSSR count). The molecule has 3 heteroatoms. The zero-order valence-corrected chi connectivity index (χ0v) is 9.33. The first kappa shape index (κ1) is 10.5. The first-order valence-electron chi connectivity index (χ1n) is 5.14. The van der Waals surface area contributed by atoms with E-state index in [0.717, 1.165) is 17.0 Å². The second-order valence-corrected chi connectivity index (χ2v) is 4.19. The third-order valence-corrected chi connectivity index (χ3v) is 2.89. The van der Waals surface area contributed by atoms with E-state index in [-0.39, 0.29) is 11.9 Å². The highest BCUT2D eigenvalue weighted by molar-refractivity contribution is 6.30. The highest BCUT2D eigenvalue weighted by Crippen LogP contribution is 2.48. The molecule has 0 amide bonds. The van der Waals surface area contributed by atoms with Crippen LogP contribution in [0.5, 0.6) is 0 Å². The molecule has 0 bridgehead atoms. The van der Waals surface area contributed by atoms with Gasteiger partial charge in [-0.25, -0.2) is 0 Å². The molecule has 2 nitrogen and oxygen atoms in total. The largest absolute Gasteiger partial charge is 0.466 e. The number of hydrogen-bond donors (Lipinski definition) is 0. The minimum Gasteiger partial charge on any atom is -0.466 e. The zero-order chi connectivity index (χ0) is 10.8.